The molecule has 2 aromatic rings. The predicted molar refractivity (Wildman–Crippen MR) is 63.7 cm³/mol. The topological polar surface area (TPSA) is 95.6 Å². The number of nitrogens with zero attached hydrogens (tertiary/aromatic N) is 1. The van der Waals surface area contributed by atoms with Crippen molar-refractivity contribution >= 4 is 11.6 Å². The molecule has 0 atom stereocenters. The van der Waals surface area contributed by atoms with Gasteiger partial charge in [0.25, 0.3) is 5.91 Å². The molecule has 0 fully saturated rings. The van der Waals surface area contributed by atoms with Gasteiger partial charge in [0.15, 0.2) is 5.69 Å². The van der Waals surface area contributed by atoms with Gasteiger partial charge in [0, 0.05) is 6.07 Å². The first-order chi connectivity index (χ1) is 8.47. The van der Waals surface area contributed by atoms with E-state index in [0.29, 0.717) is 11.3 Å². The highest BCUT2D eigenvalue weighted by Crippen LogP contribution is 2.34. The molecule has 18 heavy (non-hydrogen) atoms. The summed E-state index contributed by atoms with van der Waals surface area (Å²) in [4.78, 5) is 11.8. The third kappa shape index (κ3) is 2.27. The first kappa shape index (κ1) is 12.0. The first-order valence-electron chi connectivity index (χ1n) is 5.24. The number of nitrogens with one attached hydrogen (secondary N) is 1. The summed E-state index contributed by atoms with van der Waals surface area (Å²) in [6, 6.07) is 4.32. The standard InChI is InChI=1S/C12H12N2O4/c1-6-3-9(15)11(10(16)4-6)13-12(17)8-5-7(2)18-14-8/h3-5,15-16H,1-2H3,(H,13,17). The summed E-state index contributed by atoms with van der Waals surface area (Å²) in [5.74, 6) is -0.485. The van der Waals surface area contributed by atoms with Gasteiger partial charge >= 0.3 is 0 Å². The van der Waals surface area contributed by atoms with E-state index in [1.54, 1.807) is 13.8 Å². The summed E-state index contributed by atoms with van der Waals surface area (Å²) in [5, 5.41) is 25.2. The van der Waals surface area contributed by atoms with E-state index in [2.05, 4.69) is 10.5 Å². The minimum Gasteiger partial charge on any atom is -0.506 e. The van der Waals surface area contributed by atoms with Crippen LogP contribution in [0.4, 0.5) is 5.69 Å². The van der Waals surface area contributed by atoms with E-state index in [-0.39, 0.29) is 22.9 Å². The summed E-state index contributed by atoms with van der Waals surface area (Å²) in [5.41, 5.74) is 0.707. The predicted octanol–water partition coefficient (Wildman–Crippen LogP) is 1.95. The SMILES string of the molecule is Cc1cc(O)c(NC(=O)c2cc(C)on2)c(O)c1. The molecule has 94 valence electrons. The fourth-order valence-corrected chi connectivity index (χ4v) is 1.53. The Morgan fingerprint density at radius 3 is 2.33 bits per heavy atom. The summed E-state index contributed by atoms with van der Waals surface area (Å²) in [7, 11) is 0. The summed E-state index contributed by atoms with van der Waals surface area (Å²) in [6.07, 6.45) is 0. The van der Waals surface area contributed by atoms with Crippen LogP contribution in [0.25, 0.3) is 0 Å². The van der Waals surface area contributed by atoms with Gasteiger partial charge in [-0.15, -0.1) is 0 Å². The molecule has 0 unspecified atom stereocenters. The molecule has 0 saturated carbocycles. The maximum Gasteiger partial charge on any atom is 0.278 e. The Kier molecular flexibility index (Phi) is 2.93. The highest BCUT2D eigenvalue weighted by atomic mass is 16.5. The molecule has 6 nitrogen and oxygen atoms in total. The van der Waals surface area contributed by atoms with Crippen molar-refractivity contribution in [2.24, 2.45) is 0 Å². The highest BCUT2D eigenvalue weighted by molar-refractivity contribution is 6.04. The number of rotatable bonds is 2. The van der Waals surface area contributed by atoms with E-state index in [1.807, 2.05) is 0 Å². The Balaban J connectivity index is 2.27. The molecular weight excluding hydrogens is 236 g/mol. The molecule has 1 aromatic carbocycles. The second-order valence-corrected chi connectivity index (χ2v) is 3.96. The van der Waals surface area contributed by atoms with Gasteiger partial charge < -0.3 is 20.1 Å². The zero-order valence-electron chi connectivity index (χ0n) is 9.89. The number of aromatic nitrogens is 1. The molecule has 0 saturated heterocycles. The minimum absolute atomic E-state index is 0.0498. The Hall–Kier alpha value is -2.50. The Bertz CT molecular complexity index is 581. The molecule has 6 heteroatoms. The number of aryl methyl sites for hydroxylation is 2. The monoisotopic (exact) mass is 248 g/mol. The third-order valence-electron chi connectivity index (χ3n) is 2.34. The molecule has 0 aliphatic rings. The second-order valence-electron chi connectivity index (χ2n) is 3.96. The van der Waals surface area contributed by atoms with E-state index in [4.69, 9.17) is 4.52 Å². The molecule has 0 aliphatic carbocycles. The first-order valence-corrected chi connectivity index (χ1v) is 5.24. The fourth-order valence-electron chi connectivity index (χ4n) is 1.53. The number of carbonyl (C=O) groups excluding carboxylic acids is 1. The molecule has 1 aromatic heterocycles. The molecule has 0 bridgehead atoms. The smallest absolute Gasteiger partial charge is 0.278 e. The number of amides is 1. The van der Waals surface area contributed by atoms with E-state index >= 15 is 0 Å². The molecule has 1 amide bonds. The fraction of sp³-hybridized carbons (Fsp3) is 0.167. The summed E-state index contributed by atoms with van der Waals surface area (Å²) in [6.45, 7) is 3.37. The molecule has 0 radical (unpaired) electrons. The van der Waals surface area contributed by atoms with Crippen LogP contribution in [-0.2, 0) is 0 Å². The number of benzene rings is 1. The quantitative estimate of drug-likeness (QED) is 0.706. The average molecular weight is 248 g/mol. The van der Waals surface area contributed by atoms with Gasteiger partial charge in [0.05, 0.1) is 0 Å². The normalized spacial score (nSPS) is 10.3. The van der Waals surface area contributed by atoms with Crippen molar-refractivity contribution in [3.05, 3.63) is 35.2 Å². The van der Waals surface area contributed by atoms with Crippen molar-refractivity contribution in [2.45, 2.75) is 13.8 Å². The number of phenols is 2. The lowest BCUT2D eigenvalue weighted by Gasteiger charge is -2.08. The zero-order valence-corrected chi connectivity index (χ0v) is 9.89. The van der Waals surface area contributed by atoms with E-state index < -0.39 is 5.91 Å². The lowest BCUT2D eigenvalue weighted by atomic mass is 10.2. The van der Waals surface area contributed by atoms with Crippen LogP contribution >= 0.6 is 0 Å². The van der Waals surface area contributed by atoms with Crippen LogP contribution in [-0.4, -0.2) is 21.3 Å². The van der Waals surface area contributed by atoms with Gasteiger partial charge in [-0.1, -0.05) is 5.16 Å². The van der Waals surface area contributed by atoms with Crippen molar-refractivity contribution in [2.75, 3.05) is 5.32 Å². The molecule has 0 spiro atoms. The van der Waals surface area contributed by atoms with Gasteiger partial charge in [0.2, 0.25) is 0 Å². The molecule has 0 aliphatic heterocycles. The average Bonchev–Trinajstić information content (AvgIpc) is 2.70. The van der Waals surface area contributed by atoms with Gasteiger partial charge in [-0.25, -0.2) is 0 Å². The third-order valence-corrected chi connectivity index (χ3v) is 2.34. The van der Waals surface area contributed by atoms with Crippen LogP contribution < -0.4 is 5.32 Å². The summed E-state index contributed by atoms with van der Waals surface area (Å²) < 4.78 is 4.77. The lowest BCUT2D eigenvalue weighted by Crippen LogP contribution is -2.12. The molecule has 2 rings (SSSR count). The van der Waals surface area contributed by atoms with Crippen LogP contribution in [0.3, 0.4) is 0 Å². The molecule has 3 N–H and O–H groups in total. The minimum atomic E-state index is -0.568. The Morgan fingerprint density at radius 2 is 1.83 bits per heavy atom. The van der Waals surface area contributed by atoms with E-state index in [9.17, 15) is 15.0 Å². The van der Waals surface area contributed by atoms with Crippen LogP contribution in [0.2, 0.25) is 0 Å². The highest BCUT2D eigenvalue weighted by Gasteiger charge is 2.16. The number of anilines is 1. The zero-order chi connectivity index (χ0) is 13.3. The van der Waals surface area contributed by atoms with Gasteiger partial charge in [-0.05, 0) is 31.5 Å². The van der Waals surface area contributed by atoms with Crippen LogP contribution in [0.15, 0.2) is 22.7 Å². The van der Waals surface area contributed by atoms with E-state index in [1.165, 1.54) is 18.2 Å². The van der Waals surface area contributed by atoms with Crippen molar-refractivity contribution < 1.29 is 19.5 Å². The van der Waals surface area contributed by atoms with Gasteiger partial charge in [-0.3, -0.25) is 4.79 Å². The van der Waals surface area contributed by atoms with Gasteiger partial charge in [0.1, 0.15) is 22.9 Å². The second kappa shape index (κ2) is 4.40. The van der Waals surface area contributed by atoms with Crippen LogP contribution in [0.5, 0.6) is 11.5 Å². The maximum absolute atomic E-state index is 11.8. The van der Waals surface area contributed by atoms with Crippen LogP contribution in [0, 0.1) is 13.8 Å². The number of hydrogen-bond donors (Lipinski definition) is 3. The lowest BCUT2D eigenvalue weighted by molar-refractivity contribution is 0.101. The summed E-state index contributed by atoms with van der Waals surface area (Å²) >= 11 is 0. The van der Waals surface area contributed by atoms with Crippen LogP contribution in [0.1, 0.15) is 21.8 Å². The van der Waals surface area contributed by atoms with E-state index in [0.717, 1.165) is 0 Å². The van der Waals surface area contributed by atoms with Crippen molar-refractivity contribution in [3.63, 3.8) is 0 Å². The number of phenolic OH excluding ortho intramolecular Hbond substituents is 2. The van der Waals surface area contributed by atoms with Crippen molar-refractivity contribution in [3.8, 4) is 11.5 Å². The van der Waals surface area contributed by atoms with Gasteiger partial charge in [-0.2, -0.15) is 0 Å². The molecule has 1 heterocycles. The molecular formula is C12H12N2O4. The largest absolute Gasteiger partial charge is 0.506 e. The number of aromatic hydroxyl groups is 2. The van der Waals surface area contributed by atoms with Crippen molar-refractivity contribution in [1.82, 2.24) is 5.16 Å². The number of hydrogen-bond acceptors (Lipinski definition) is 5. The number of carbonyl (C=O) groups is 1. The Labute approximate surface area is 103 Å². The Morgan fingerprint density at radius 1 is 1.22 bits per heavy atom. The maximum atomic E-state index is 11.8. The van der Waals surface area contributed by atoms with Crippen molar-refractivity contribution in [1.29, 1.82) is 0 Å².